The van der Waals surface area contributed by atoms with Crippen LogP contribution in [-0.4, -0.2) is 41.8 Å². The van der Waals surface area contributed by atoms with Crippen LogP contribution in [0, 0.1) is 17.2 Å². The first kappa shape index (κ1) is 15.8. The normalized spacial score (nSPS) is 16.0. The van der Waals surface area contributed by atoms with Gasteiger partial charge < -0.3 is 9.84 Å². The van der Waals surface area contributed by atoms with Crippen molar-refractivity contribution < 1.29 is 9.84 Å². The standard InChI is InChI=1S/C17H24N2O2/c1-13(2)10-19(15-7-8-15)11-16(20)12-21-17-6-4-3-5-14(17)9-18/h3-6,13,15-16,20H,7-8,10-12H2,1-2H3. The highest BCUT2D eigenvalue weighted by Crippen LogP contribution is 2.27. The minimum atomic E-state index is -0.531. The molecule has 1 saturated carbocycles. The molecule has 0 saturated heterocycles. The summed E-state index contributed by atoms with van der Waals surface area (Å²) in [5.74, 6) is 1.14. The summed E-state index contributed by atoms with van der Waals surface area (Å²) in [5.41, 5.74) is 0.505. The molecule has 0 radical (unpaired) electrons. The van der Waals surface area contributed by atoms with Gasteiger partial charge in [0, 0.05) is 19.1 Å². The van der Waals surface area contributed by atoms with Crippen molar-refractivity contribution in [1.82, 2.24) is 4.90 Å². The van der Waals surface area contributed by atoms with E-state index < -0.39 is 6.10 Å². The molecular formula is C17H24N2O2. The van der Waals surface area contributed by atoms with Crippen molar-refractivity contribution in [2.75, 3.05) is 19.7 Å². The van der Waals surface area contributed by atoms with Crippen LogP contribution in [0.25, 0.3) is 0 Å². The number of hydrogen-bond acceptors (Lipinski definition) is 4. The summed E-state index contributed by atoms with van der Waals surface area (Å²) >= 11 is 0. The van der Waals surface area contributed by atoms with E-state index in [4.69, 9.17) is 10.00 Å². The lowest BCUT2D eigenvalue weighted by Crippen LogP contribution is -2.39. The van der Waals surface area contributed by atoms with E-state index in [-0.39, 0.29) is 6.61 Å². The molecule has 1 atom stereocenters. The molecule has 1 unspecified atom stereocenters. The number of nitrogens with zero attached hydrogens (tertiary/aromatic N) is 2. The number of ether oxygens (including phenoxy) is 1. The van der Waals surface area contributed by atoms with Crippen molar-refractivity contribution in [3.8, 4) is 11.8 Å². The second kappa shape index (κ2) is 7.44. The minimum Gasteiger partial charge on any atom is -0.489 e. The molecule has 1 aliphatic rings. The molecule has 0 bridgehead atoms. The molecule has 21 heavy (non-hydrogen) atoms. The zero-order chi connectivity index (χ0) is 15.2. The van der Waals surface area contributed by atoms with Gasteiger partial charge in [0.05, 0.1) is 5.56 Å². The zero-order valence-electron chi connectivity index (χ0n) is 12.8. The van der Waals surface area contributed by atoms with Crippen molar-refractivity contribution in [2.45, 2.75) is 38.8 Å². The van der Waals surface area contributed by atoms with E-state index in [1.807, 2.05) is 6.07 Å². The number of rotatable bonds is 8. The highest BCUT2D eigenvalue weighted by Gasteiger charge is 2.30. The lowest BCUT2D eigenvalue weighted by Gasteiger charge is -2.26. The molecule has 1 fully saturated rings. The monoisotopic (exact) mass is 288 g/mol. The third-order valence-corrected chi connectivity index (χ3v) is 3.55. The number of hydrogen-bond donors (Lipinski definition) is 1. The third-order valence-electron chi connectivity index (χ3n) is 3.55. The van der Waals surface area contributed by atoms with Crippen LogP contribution in [0.2, 0.25) is 0 Å². The van der Waals surface area contributed by atoms with Gasteiger partial charge >= 0.3 is 0 Å². The molecule has 2 rings (SSSR count). The van der Waals surface area contributed by atoms with Crippen LogP contribution in [0.3, 0.4) is 0 Å². The Balaban J connectivity index is 1.83. The van der Waals surface area contributed by atoms with Crippen molar-refractivity contribution in [1.29, 1.82) is 5.26 Å². The maximum Gasteiger partial charge on any atom is 0.137 e. The second-order valence-electron chi connectivity index (χ2n) is 6.15. The maximum atomic E-state index is 10.2. The van der Waals surface area contributed by atoms with E-state index >= 15 is 0 Å². The highest BCUT2D eigenvalue weighted by molar-refractivity contribution is 5.42. The van der Waals surface area contributed by atoms with Gasteiger partial charge in [0.2, 0.25) is 0 Å². The van der Waals surface area contributed by atoms with Gasteiger partial charge in [-0.2, -0.15) is 5.26 Å². The van der Waals surface area contributed by atoms with Crippen LogP contribution in [0.5, 0.6) is 5.75 Å². The average molecular weight is 288 g/mol. The van der Waals surface area contributed by atoms with Gasteiger partial charge in [-0.05, 0) is 30.9 Å². The van der Waals surface area contributed by atoms with Gasteiger partial charge in [-0.3, -0.25) is 4.90 Å². The fourth-order valence-corrected chi connectivity index (χ4v) is 2.48. The molecule has 0 aromatic heterocycles. The Morgan fingerprint density at radius 1 is 1.33 bits per heavy atom. The molecule has 0 aliphatic heterocycles. The second-order valence-corrected chi connectivity index (χ2v) is 6.15. The Labute approximate surface area is 127 Å². The van der Waals surface area contributed by atoms with E-state index in [1.54, 1.807) is 18.2 Å². The first-order valence-corrected chi connectivity index (χ1v) is 7.64. The van der Waals surface area contributed by atoms with Crippen LogP contribution in [0.15, 0.2) is 24.3 Å². The van der Waals surface area contributed by atoms with Crippen LogP contribution in [0.1, 0.15) is 32.3 Å². The Bertz CT molecular complexity index is 492. The molecule has 1 aromatic carbocycles. The van der Waals surface area contributed by atoms with Crippen LogP contribution in [-0.2, 0) is 0 Å². The predicted octanol–water partition coefficient (Wildman–Crippen LogP) is 2.42. The number of nitriles is 1. The van der Waals surface area contributed by atoms with Crippen LogP contribution >= 0.6 is 0 Å². The lowest BCUT2D eigenvalue weighted by atomic mass is 10.2. The summed E-state index contributed by atoms with van der Waals surface area (Å²) < 4.78 is 5.60. The van der Waals surface area contributed by atoms with E-state index in [2.05, 4.69) is 24.8 Å². The highest BCUT2D eigenvalue weighted by atomic mass is 16.5. The smallest absolute Gasteiger partial charge is 0.137 e. The summed E-state index contributed by atoms with van der Waals surface area (Å²) in [6.07, 6.45) is 1.94. The van der Waals surface area contributed by atoms with Crippen molar-refractivity contribution >= 4 is 0 Å². The Hall–Kier alpha value is -1.57. The number of benzene rings is 1. The topological polar surface area (TPSA) is 56.5 Å². The zero-order valence-corrected chi connectivity index (χ0v) is 12.8. The number of aliphatic hydroxyl groups excluding tert-OH is 1. The fraction of sp³-hybridized carbons (Fsp3) is 0.588. The molecule has 4 nitrogen and oxygen atoms in total. The molecule has 1 aromatic rings. The van der Waals surface area contributed by atoms with Gasteiger partial charge in [-0.1, -0.05) is 26.0 Å². The van der Waals surface area contributed by atoms with E-state index in [0.717, 1.165) is 6.54 Å². The summed E-state index contributed by atoms with van der Waals surface area (Å²) in [6.45, 7) is 6.26. The van der Waals surface area contributed by atoms with Gasteiger partial charge in [0.15, 0.2) is 0 Å². The lowest BCUT2D eigenvalue weighted by molar-refractivity contribution is 0.0612. The predicted molar refractivity (Wildman–Crippen MR) is 82.1 cm³/mol. The maximum absolute atomic E-state index is 10.2. The van der Waals surface area contributed by atoms with Gasteiger partial charge in [0.25, 0.3) is 0 Å². The van der Waals surface area contributed by atoms with Crippen molar-refractivity contribution in [2.24, 2.45) is 5.92 Å². The molecular weight excluding hydrogens is 264 g/mol. The third kappa shape index (κ3) is 5.04. The fourth-order valence-electron chi connectivity index (χ4n) is 2.48. The largest absolute Gasteiger partial charge is 0.489 e. The first-order chi connectivity index (χ1) is 10.1. The summed E-state index contributed by atoms with van der Waals surface area (Å²) in [4.78, 5) is 2.36. The first-order valence-electron chi connectivity index (χ1n) is 7.64. The Morgan fingerprint density at radius 2 is 2.05 bits per heavy atom. The molecule has 0 heterocycles. The number of para-hydroxylation sites is 1. The Kier molecular flexibility index (Phi) is 5.60. The van der Waals surface area contributed by atoms with Crippen LogP contribution in [0.4, 0.5) is 0 Å². The van der Waals surface area contributed by atoms with E-state index in [9.17, 15) is 5.11 Å². The SMILES string of the molecule is CC(C)CN(CC(O)COc1ccccc1C#N)C1CC1. The van der Waals surface area contributed by atoms with Gasteiger partial charge in [-0.25, -0.2) is 0 Å². The summed E-state index contributed by atoms with van der Waals surface area (Å²) in [6, 6.07) is 9.85. The van der Waals surface area contributed by atoms with Crippen LogP contribution < -0.4 is 4.74 Å². The molecule has 1 aliphatic carbocycles. The van der Waals surface area contributed by atoms with Crippen molar-refractivity contribution in [3.63, 3.8) is 0 Å². The Morgan fingerprint density at radius 3 is 2.67 bits per heavy atom. The summed E-state index contributed by atoms with van der Waals surface area (Å²) in [5, 5.41) is 19.2. The quantitative estimate of drug-likeness (QED) is 0.798. The van der Waals surface area contributed by atoms with E-state index in [1.165, 1.54) is 12.8 Å². The minimum absolute atomic E-state index is 0.222. The molecule has 4 heteroatoms. The molecule has 1 N–H and O–H groups in total. The molecule has 114 valence electrons. The summed E-state index contributed by atoms with van der Waals surface area (Å²) in [7, 11) is 0. The molecule has 0 spiro atoms. The van der Waals surface area contributed by atoms with Crippen molar-refractivity contribution in [3.05, 3.63) is 29.8 Å². The average Bonchev–Trinajstić information content (AvgIpc) is 3.29. The molecule has 0 amide bonds. The number of aliphatic hydroxyl groups is 1. The van der Waals surface area contributed by atoms with Gasteiger partial charge in [-0.15, -0.1) is 0 Å². The van der Waals surface area contributed by atoms with E-state index in [0.29, 0.717) is 29.8 Å². The van der Waals surface area contributed by atoms with Gasteiger partial charge in [0.1, 0.15) is 24.5 Å².